The van der Waals surface area contributed by atoms with E-state index >= 15 is 0 Å². The summed E-state index contributed by atoms with van der Waals surface area (Å²) in [6.07, 6.45) is 3.79. The standard InChI is InChI=1S/C15H16OS/c1-17(16)15-11-9-14(10-12-15)8-7-13-5-3-2-4-6-13/h2-6,9-12H,7-8H2,1H3. The second-order valence-corrected chi connectivity index (χ2v) is 5.46. The summed E-state index contributed by atoms with van der Waals surface area (Å²) in [5, 5.41) is 0. The van der Waals surface area contributed by atoms with E-state index in [9.17, 15) is 4.55 Å². The van der Waals surface area contributed by atoms with Crippen molar-refractivity contribution >= 4 is 11.2 Å². The highest BCUT2D eigenvalue weighted by Crippen LogP contribution is 2.12. The zero-order valence-corrected chi connectivity index (χ0v) is 10.7. The second kappa shape index (κ2) is 5.89. The van der Waals surface area contributed by atoms with Crippen LogP contribution in [0.25, 0.3) is 0 Å². The van der Waals surface area contributed by atoms with E-state index in [0.29, 0.717) is 0 Å². The molecule has 0 saturated heterocycles. The molecule has 0 N–H and O–H groups in total. The highest BCUT2D eigenvalue weighted by Gasteiger charge is 2.03. The van der Waals surface area contributed by atoms with Crippen LogP contribution in [-0.2, 0) is 24.0 Å². The molecule has 17 heavy (non-hydrogen) atoms. The van der Waals surface area contributed by atoms with Crippen molar-refractivity contribution in [2.24, 2.45) is 0 Å². The predicted octanol–water partition coefficient (Wildman–Crippen LogP) is 3.21. The Morgan fingerprint density at radius 2 is 1.35 bits per heavy atom. The molecule has 0 aliphatic carbocycles. The summed E-state index contributed by atoms with van der Waals surface area (Å²) in [5.74, 6) is 0. The van der Waals surface area contributed by atoms with Crippen molar-refractivity contribution in [3.8, 4) is 0 Å². The second-order valence-electron chi connectivity index (χ2n) is 4.08. The van der Waals surface area contributed by atoms with Gasteiger partial charge in [0.1, 0.15) is 6.26 Å². The lowest BCUT2D eigenvalue weighted by molar-refractivity contribution is 0.601. The van der Waals surface area contributed by atoms with Gasteiger partial charge in [-0.2, -0.15) is 0 Å². The Kier molecular flexibility index (Phi) is 4.24. The molecule has 1 unspecified atom stereocenters. The summed E-state index contributed by atoms with van der Waals surface area (Å²) in [7, 11) is 0. The van der Waals surface area contributed by atoms with Crippen LogP contribution in [0.3, 0.4) is 0 Å². The molecule has 0 spiro atoms. The molecule has 1 nitrogen and oxygen atoms in total. The maximum Gasteiger partial charge on any atom is 0.152 e. The number of rotatable bonds is 4. The van der Waals surface area contributed by atoms with Gasteiger partial charge in [0.15, 0.2) is 4.90 Å². The normalized spacial score (nSPS) is 12.4. The van der Waals surface area contributed by atoms with E-state index in [1.165, 1.54) is 11.1 Å². The van der Waals surface area contributed by atoms with E-state index in [0.717, 1.165) is 17.7 Å². The monoisotopic (exact) mass is 244 g/mol. The molecule has 2 heteroatoms. The first-order valence-electron chi connectivity index (χ1n) is 5.72. The Hall–Kier alpha value is -1.25. The van der Waals surface area contributed by atoms with Crippen molar-refractivity contribution < 1.29 is 4.55 Å². The van der Waals surface area contributed by atoms with Crippen LogP contribution in [0.4, 0.5) is 0 Å². The lowest BCUT2D eigenvalue weighted by Crippen LogP contribution is -1.97. The highest BCUT2D eigenvalue weighted by atomic mass is 32.2. The quantitative estimate of drug-likeness (QED) is 0.757. The van der Waals surface area contributed by atoms with E-state index in [-0.39, 0.29) is 0 Å². The van der Waals surface area contributed by atoms with Gasteiger partial charge in [-0.3, -0.25) is 0 Å². The van der Waals surface area contributed by atoms with E-state index in [4.69, 9.17) is 0 Å². The largest absolute Gasteiger partial charge is 0.612 e. The van der Waals surface area contributed by atoms with Gasteiger partial charge < -0.3 is 4.55 Å². The fraction of sp³-hybridized carbons (Fsp3) is 0.200. The van der Waals surface area contributed by atoms with Crippen molar-refractivity contribution in [1.29, 1.82) is 0 Å². The van der Waals surface area contributed by atoms with Gasteiger partial charge in [-0.1, -0.05) is 42.5 Å². The maximum atomic E-state index is 11.2. The Morgan fingerprint density at radius 1 is 0.824 bits per heavy atom. The number of benzene rings is 2. The first kappa shape index (κ1) is 12.2. The van der Waals surface area contributed by atoms with Crippen molar-refractivity contribution in [2.45, 2.75) is 17.7 Å². The van der Waals surface area contributed by atoms with Crippen LogP contribution >= 0.6 is 0 Å². The molecular weight excluding hydrogens is 228 g/mol. The molecule has 0 aromatic heterocycles. The molecule has 2 rings (SSSR count). The average molecular weight is 244 g/mol. The molecule has 0 saturated carbocycles. The van der Waals surface area contributed by atoms with Gasteiger partial charge >= 0.3 is 0 Å². The van der Waals surface area contributed by atoms with E-state index in [1.807, 2.05) is 18.2 Å². The minimum absolute atomic E-state index is 0.877. The molecule has 0 bridgehead atoms. The van der Waals surface area contributed by atoms with E-state index < -0.39 is 11.2 Å². The third-order valence-corrected chi connectivity index (χ3v) is 3.74. The third-order valence-electron chi connectivity index (χ3n) is 2.80. The molecule has 0 fully saturated rings. The number of hydrogen-bond donors (Lipinski definition) is 0. The number of hydrogen-bond acceptors (Lipinski definition) is 1. The average Bonchev–Trinajstić information content (AvgIpc) is 2.38. The smallest absolute Gasteiger partial charge is 0.152 e. The zero-order valence-electron chi connectivity index (χ0n) is 9.93. The fourth-order valence-electron chi connectivity index (χ4n) is 1.78. The first-order chi connectivity index (χ1) is 8.25. The van der Waals surface area contributed by atoms with Crippen LogP contribution in [0.2, 0.25) is 0 Å². The third kappa shape index (κ3) is 3.62. The Labute approximate surface area is 106 Å². The summed E-state index contributed by atoms with van der Waals surface area (Å²) in [6, 6.07) is 18.5. The molecule has 88 valence electrons. The van der Waals surface area contributed by atoms with Gasteiger partial charge in [0.05, 0.1) is 0 Å². The van der Waals surface area contributed by atoms with Crippen molar-refractivity contribution in [1.82, 2.24) is 0 Å². The van der Waals surface area contributed by atoms with Crippen molar-refractivity contribution in [3.63, 3.8) is 0 Å². The summed E-state index contributed by atoms with van der Waals surface area (Å²) >= 11 is -0.877. The fourth-order valence-corrected chi connectivity index (χ4v) is 2.30. The van der Waals surface area contributed by atoms with Crippen LogP contribution in [0.15, 0.2) is 59.5 Å². The van der Waals surface area contributed by atoms with Crippen LogP contribution in [0.1, 0.15) is 11.1 Å². The number of aryl methyl sites for hydroxylation is 2. The van der Waals surface area contributed by atoms with Gasteiger partial charge in [-0.05, 0) is 47.3 Å². The predicted molar refractivity (Wildman–Crippen MR) is 72.6 cm³/mol. The van der Waals surface area contributed by atoms with Crippen molar-refractivity contribution in [2.75, 3.05) is 6.26 Å². The van der Waals surface area contributed by atoms with Gasteiger partial charge in [0.2, 0.25) is 0 Å². The van der Waals surface area contributed by atoms with Gasteiger partial charge in [-0.15, -0.1) is 0 Å². The molecule has 0 radical (unpaired) electrons. The van der Waals surface area contributed by atoms with Crippen LogP contribution in [0.5, 0.6) is 0 Å². The summed E-state index contributed by atoms with van der Waals surface area (Å²) in [5.41, 5.74) is 2.65. The van der Waals surface area contributed by atoms with Gasteiger partial charge in [0.25, 0.3) is 0 Å². The minimum atomic E-state index is -0.877. The first-order valence-corrected chi connectivity index (χ1v) is 7.28. The van der Waals surface area contributed by atoms with Gasteiger partial charge in [-0.25, -0.2) is 0 Å². The van der Waals surface area contributed by atoms with E-state index in [1.54, 1.807) is 6.26 Å². The lowest BCUT2D eigenvalue weighted by atomic mass is 10.0. The molecule has 0 aliphatic rings. The summed E-state index contributed by atoms with van der Waals surface area (Å²) in [4.78, 5) is 0.897. The van der Waals surface area contributed by atoms with Crippen molar-refractivity contribution in [3.05, 3.63) is 65.7 Å². The molecule has 1 atom stereocenters. The van der Waals surface area contributed by atoms with Crippen LogP contribution in [0, 0.1) is 0 Å². The molecule has 0 aliphatic heterocycles. The minimum Gasteiger partial charge on any atom is -0.612 e. The van der Waals surface area contributed by atoms with Crippen LogP contribution in [-0.4, -0.2) is 10.8 Å². The highest BCUT2D eigenvalue weighted by molar-refractivity contribution is 7.90. The van der Waals surface area contributed by atoms with Crippen LogP contribution < -0.4 is 0 Å². The molecule has 2 aromatic rings. The molecular formula is C15H16OS. The van der Waals surface area contributed by atoms with E-state index in [2.05, 4.69) is 36.4 Å². The topological polar surface area (TPSA) is 23.1 Å². The summed E-state index contributed by atoms with van der Waals surface area (Å²) < 4.78 is 11.2. The van der Waals surface area contributed by atoms with Gasteiger partial charge in [0, 0.05) is 0 Å². The molecule has 2 aromatic carbocycles. The Balaban J connectivity index is 1.96. The molecule has 0 amide bonds. The molecule has 0 heterocycles. The Morgan fingerprint density at radius 3 is 1.88 bits per heavy atom. The lowest BCUT2D eigenvalue weighted by Gasteiger charge is -2.05. The summed E-state index contributed by atoms with van der Waals surface area (Å²) in [6.45, 7) is 0. The maximum absolute atomic E-state index is 11.2. The zero-order chi connectivity index (χ0) is 12.1. The Bertz CT molecular complexity index is 448. The SMILES string of the molecule is C[S+]([O-])c1ccc(CCc2ccccc2)cc1.